The number of nitrogens with one attached hydrogen (secondary N) is 1. The van der Waals surface area contributed by atoms with E-state index in [1.165, 1.54) is 24.2 Å². The number of carbonyl (C=O) groups is 1. The Morgan fingerprint density at radius 1 is 1.58 bits per heavy atom. The van der Waals surface area contributed by atoms with Crippen molar-refractivity contribution >= 4 is 29.7 Å². The van der Waals surface area contributed by atoms with Gasteiger partial charge >= 0.3 is 0 Å². The third-order valence-electron chi connectivity index (χ3n) is 4.42. The van der Waals surface area contributed by atoms with Gasteiger partial charge in [0.1, 0.15) is 0 Å². The highest BCUT2D eigenvalue weighted by molar-refractivity contribution is 7.07. The van der Waals surface area contributed by atoms with Crippen LogP contribution in [0.15, 0.2) is 16.6 Å². The van der Waals surface area contributed by atoms with Crippen LogP contribution in [0.5, 0.6) is 0 Å². The molecule has 1 aromatic heterocycles. The lowest BCUT2D eigenvalue weighted by Gasteiger charge is -2.35. The Labute approximate surface area is 123 Å². The van der Waals surface area contributed by atoms with Crippen LogP contribution in [0, 0.1) is 11.3 Å². The third-order valence-corrected chi connectivity index (χ3v) is 5.27. The number of aromatic nitrogens is 1. The van der Waals surface area contributed by atoms with Crippen molar-refractivity contribution in [3.63, 3.8) is 0 Å². The Balaban J connectivity index is 0.00000133. The van der Waals surface area contributed by atoms with Crippen LogP contribution in [0.1, 0.15) is 25.7 Å². The van der Waals surface area contributed by atoms with E-state index in [1.54, 1.807) is 0 Å². The van der Waals surface area contributed by atoms with E-state index in [2.05, 4.69) is 10.3 Å². The van der Waals surface area contributed by atoms with Crippen molar-refractivity contribution in [2.75, 3.05) is 13.1 Å². The van der Waals surface area contributed by atoms with Crippen molar-refractivity contribution in [2.45, 2.75) is 25.7 Å². The van der Waals surface area contributed by atoms with Gasteiger partial charge in [-0.15, -0.1) is 23.7 Å². The molecule has 0 unspecified atom stereocenters. The first-order chi connectivity index (χ1) is 8.72. The van der Waals surface area contributed by atoms with Crippen LogP contribution in [0.3, 0.4) is 0 Å². The average Bonchev–Trinajstić information content (AvgIpc) is 2.97. The average molecular weight is 302 g/mol. The van der Waals surface area contributed by atoms with Gasteiger partial charge in [-0.25, -0.2) is 0 Å². The van der Waals surface area contributed by atoms with Crippen LogP contribution in [0.4, 0.5) is 0 Å². The Hall–Kier alpha value is -0.650. The maximum absolute atomic E-state index is 12.6. The van der Waals surface area contributed by atoms with Crippen molar-refractivity contribution in [3.05, 3.63) is 16.4 Å². The van der Waals surface area contributed by atoms with Crippen molar-refractivity contribution in [3.8, 4) is 0 Å². The first-order valence-corrected chi connectivity index (χ1v) is 7.50. The Morgan fingerprint density at radius 3 is 3.16 bits per heavy atom. The molecule has 2 atom stereocenters. The summed E-state index contributed by atoms with van der Waals surface area (Å²) < 4.78 is 1.92. The first-order valence-electron chi connectivity index (χ1n) is 6.62. The van der Waals surface area contributed by atoms with E-state index in [4.69, 9.17) is 0 Å². The molecule has 2 heterocycles. The standard InChI is InChI=1S/C13H19N3OS.ClH/c1-16-6-7-18-12(16)15-11(17)13-5-3-2-4-10(13)8-14-9-13;/h6-7,10,14H,2-5,8-9H2,1H3;1H/t10-,13+;/m0./s1. The number of nitrogens with zero attached hydrogens (tertiary/aromatic N) is 2. The van der Waals surface area contributed by atoms with Crippen LogP contribution in [0.2, 0.25) is 0 Å². The summed E-state index contributed by atoms with van der Waals surface area (Å²) in [6, 6.07) is 0. The quantitative estimate of drug-likeness (QED) is 0.858. The van der Waals surface area contributed by atoms with Crippen molar-refractivity contribution in [2.24, 2.45) is 23.4 Å². The monoisotopic (exact) mass is 301 g/mol. The third kappa shape index (κ3) is 2.51. The predicted octanol–water partition coefficient (Wildman–Crippen LogP) is 1.72. The van der Waals surface area contributed by atoms with Gasteiger partial charge in [0.15, 0.2) is 4.80 Å². The molecule has 0 spiro atoms. The van der Waals surface area contributed by atoms with Crippen LogP contribution in [-0.4, -0.2) is 23.6 Å². The minimum absolute atomic E-state index is 0. The van der Waals surface area contributed by atoms with E-state index in [0.29, 0.717) is 5.92 Å². The normalized spacial score (nSPS) is 30.8. The summed E-state index contributed by atoms with van der Waals surface area (Å²) >= 11 is 1.53. The molecule has 2 fully saturated rings. The summed E-state index contributed by atoms with van der Waals surface area (Å²) in [7, 11) is 1.94. The Morgan fingerprint density at radius 2 is 2.42 bits per heavy atom. The van der Waals surface area contributed by atoms with Crippen LogP contribution < -0.4 is 10.1 Å². The van der Waals surface area contributed by atoms with Gasteiger partial charge in [0, 0.05) is 25.2 Å². The number of thiazole rings is 1. The Kier molecular flexibility index (Phi) is 4.48. The summed E-state index contributed by atoms with van der Waals surface area (Å²) in [5.41, 5.74) is -0.213. The maximum atomic E-state index is 12.6. The SMILES string of the molecule is Cl.Cn1ccsc1=NC(=O)[C@@]12CCCC[C@H]1CNC2. The fraction of sp³-hybridized carbons (Fsp3) is 0.692. The molecule has 0 radical (unpaired) electrons. The first kappa shape index (κ1) is 14.8. The number of hydrogen-bond acceptors (Lipinski definition) is 3. The number of aryl methyl sites for hydroxylation is 1. The van der Waals surface area contributed by atoms with Crippen LogP contribution in [0.25, 0.3) is 0 Å². The van der Waals surface area contributed by atoms with Crippen molar-refractivity contribution < 1.29 is 4.79 Å². The molecule has 2 aliphatic rings. The summed E-state index contributed by atoms with van der Waals surface area (Å²) in [4.78, 5) is 17.8. The number of rotatable bonds is 1. The van der Waals surface area contributed by atoms with Gasteiger partial charge in [-0.3, -0.25) is 4.79 Å². The van der Waals surface area contributed by atoms with E-state index in [-0.39, 0.29) is 23.7 Å². The lowest BCUT2D eigenvalue weighted by Crippen LogP contribution is -2.41. The topological polar surface area (TPSA) is 46.4 Å². The molecule has 1 amide bonds. The number of fused-ring (bicyclic) bond motifs is 1. The molecule has 1 saturated carbocycles. The van der Waals surface area contributed by atoms with Crippen molar-refractivity contribution in [1.29, 1.82) is 0 Å². The molecule has 1 aromatic rings. The molecular formula is C13H20ClN3OS. The molecule has 1 saturated heterocycles. The van der Waals surface area contributed by atoms with Gasteiger partial charge < -0.3 is 9.88 Å². The second-order valence-electron chi connectivity index (χ2n) is 5.44. The summed E-state index contributed by atoms with van der Waals surface area (Å²) in [6.07, 6.45) is 6.54. The van der Waals surface area contributed by atoms with Crippen molar-refractivity contribution in [1.82, 2.24) is 9.88 Å². The number of hydrogen-bond donors (Lipinski definition) is 1. The Bertz CT molecular complexity index is 524. The maximum Gasteiger partial charge on any atom is 0.256 e. The predicted molar refractivity (Wildman–Crippen MR) is 78.4 cm³/mol. The zero-order valence-corrected chi connectivity index (χ0v) is 12.7. The summed E-state index contributed by atoms with van der Waals surface area (Å²) in [6.45, 7) is 1.80. The van der Waals surface area contributed by atoms with Gasteiger partial charge in [0.25, 0.3) is 5.91 Å². The number of halogens is 1. The second-order valence-corrected chi connectivity index (χ2v) is 6.32. The van der Waals surface area contributed by atoms with E-state index in [1.807, 2.05) is 23.2 Å². The van der Waals surface area contributed by atoms with Gasteiger partial charge in [-0.2, -0.15) is 4.99 Å². The molecule has 0 aromatic carbocycles. The number of carbonyl (C=O) groups excluding carboxylic acids is 1. The fourth-order valence-corrected chi connectivity index (χ4v) is 4.03. The molecule has 4 nitrogen and oxygen atoms in total. The highest BCUT2D eigenvalue weighted by atomic mass is 35.5. The van der Waals surface area contributed by atoms with Gasteiger partial charge in [0.2, 0.25) is 0 Å². The van der Waals surface area contributed by atoms with E-state index in [0.717, 1.165) is 30.7 Å². The lowest BCUT2D eigenvalue weighted by molar-refractivity contribution is -0.130. The molecule has 106 valence electrons. The fourth-order valence-electron chi connectivity index (χ4n) is 3.30. The molecule has 1 aliphatic heterocycles. The molecule has 1 aliphatic carbocycles. The summed E-state index contributed by atoms with van der Waals surface area (Å²) in [5.74, 6) is 0.586. The highest BCUT2D eigenvalue weighted by Crippen LogP contribution is 2.44. The van der Waals surface area contributed by atoms with E-state index < -0.39 is 0 Å². The zero-order valence-electron chi connectivity index (χ0n) is 11.1. The number of amides is 1. The highest BCUT2D eigenvalue weighted by Gasteiger charge is 2.49. The van der Waals surface area contributed by atoms with Gasteiger partial charge in [-0.1, -0.05) is 12.8 Å². The van der Waals surface area contributed by atoms with Gasteiger partial charge in [0.05, 0.1) is 5.41 Å². The minimum atomic E-state index is -0.213. The molecule has 3 rings (SSSR count). The molecule has 6 heteroatoms. The summed E-state index contributed by atoms with van der Waals surface area (Å²) in [5, 5.41) is 5.36. The second kappa shape index (κ2) is 5.77. The zero-order chi connectivity index (χ0) is 12.6. The molecule has 1 N–H and O–H groups in total. The minimum Gasteiger partial charge on any atom is -0.327 e. The largest absolute Gasteiger partial charge is 0.327 e. The van der Waals surface area contributed by atoms with E-state index in [9.17, 15) is 4.79 Å². The van der Waals surface area contributed by atoms with Crippen LogP contribution in [-0.2, 0) is 11.8 Å². The van der Waals surface area contributed by atoms with Crippen LogP contribution >= 0.6 is 23.7 Å². The molecular weight excluding hydrogens is 282 g/mol. The van der Waals surface area contributed by atoms with Gasteiger partial charge in [-0.05, 0) is 25.3 Å². The molecule has 0 bridgehead atoms. The lowest BCUT2D eigenvalue weighted by atomic mass is 9.68. The molecule has 19 heavy (non-hydrogen) atoms. The van der Waals surface area contributed by atoms with E-state index >= 15 is 0 Å². The smallest absolute Gasteiger partial charge is 0.256 e.